The molecule has 0 atom stereocenters. The fourth-order valence-corrected chi connectivity index (χ4v) is 0.815. The smallest absolute Gasteiger partial charge is 0.330 e. The number of ether oxygens (including phenoxy) is 1. The fourth-order valence-electron chi connectivity index (χ4n) is 0.815. The van der Waals surface area contributed by atoms with Crippen LogP contribution in [0, 0.1) is 0 Å². The Morgan fingerprint density at radius 3 is 2.50 bits per heavy atom. The Morgan fingerprint density at radius 1 is 1.29 bits per heavy atom. The van der Waals surface area contributed by atoms with Crippen LogP contribution in [0.25, 0.3) is 0 Å². The van der Waals surface area contributed by atoms with E-state index in [1.807, 2.05) is 0 Å². The van der Waals surface area contributed by atoms with Gasteiger partial charge in [0.1, 0.15) is 12.3 Å². The van der Waals surface area contributed by atoms with Gasteiger partial charge < -0.3 is 15.8 Å². The molecular weight excluding hydrogens is 184 g/mol. The van der Waals surface area contributed by atoms with Crippen LogP contribution in [0.2, 0.25) is 0 Å². The first-order valence-electron chi connectivity index (χ1n) is 3.97. The number of primary amides is 1. The summed E-state index contributed by atoms with van der Waals surface area (Å²) in [7, 11) is 0. The van der Waals surface area contributed by atoms with Crippen molar-refractivity contribution in [3.63, 3.8) is 0 Å². The van der Waals surface area contributed by atoms with Crippen LogP contribution in [-0.4, -0.2) is 18.5 Å². The molecule has 0 aliphatic heterocycles. The molecule has 74 valence electrons. The summed E-state index contributed by atoms with van der Waals surface area (Å²) in [6.07, 6.45) is 0. The van der Waals surface area contributed by atoms with Crippen molar-refractivity contribution in [3.05, 3.63) is 30.3 Å². The summed E-state index contributed by atoms with van der Waals surface area (Å²) in [6.45, 7) is -0.232. The quantitative estimate of drug-likeness (QED) is 0.535. The summed E-state index contributed by atoms with van der Waals surface area (Å²) in [5.41, 5.74) is 4.78. The minimum absolute atomic E-state index is 0.232. The van der Waals surface area contributed by atoms with Gasteiger partial charge in [0.05, 0.1) is 0 Å². The SMILES string of the molecule is NC(=O)NCC(=O)Oc1ccccc1. The Kier molecular flexibility index (Phi) is 3.49. The maximum absolute atomic E-state index is 11.0. The number of amides is 2. The Balaban J connectivity index is 2.38. The number of benzene rings is 1. The van der Waals surface area contributed by atoms with E-state index in [1.54, 1.807) is 30.3 Å². The summed E-state index contributed by atoms with van der Waals surface area (Å²) in [6, 6.07) is 7.81. The largest absolute Gasteiger partial charge is 0.425 e. The van der Waals surface area contributed by atoms with Crippen LogP contribution >= 0.6 is 0 Å². The molecule has 5 heteroatoms. The number of urea groups is 1. The van der Waals surface area contributed by atoms with E-state index in [2.05, 4.69) is 5.32 Å². The van der Waals surface area contributed by atoms with Gasteiger partial charge in [-0.1, -0.05) is 18.2 Å². The van der Waals surface area contributed by atoms with E-state index >= 15 is 0 Å². The molecule has 0 aliphatic rings. The highest BCUT2D eigenvalue weighted by Gasteiger charge is 2.04. The first-order chi connectivity index (χ1) is 6.68. The van der Waals surface area contributed by atoms with Crippen LogP contribution in [-0.2, 0) is 4.79 Å². The Hall–Kier alpha value is -2.04. The fraction of sp³-hybridized carbons (Fsp3) is 0.111. The third kappa shape index (κ3) is 3.57. The third-order valence-corrected chi connectivity index (χ3v) is 1.38. The summed E-state index contributed by atoms with van der Waals surface area (Å²) < 4.78 is 4.86. The number of rotatable bonds is 3. The van der Waals surface area contributed by atoms with E-state index < -0.39 is 12.0 Å². The third-order valence-electron chi connectivity index (χ3n) is 1.38. The van der Waals surface area contributed by atoms with Crippen molar-refractivity contribution >= 4 is 12.0 Å². The van der Waals surface area contributed by atoms with Crippen molar-refractivity contribution in [2.45, 2.75) is 0 Å². The second-order valence-electron chi connectivity index (χ2n) is 2.50. The highest BCUT2D eigenvalue weighted by molar-refractivity contribution is 5.80. The van der Waals surface area contributed by atoms with Crippen molar-refractivity contribution < 1.29 is 14.3 Å². The lowest BCUT2D eigenvalue weighted by atomic mass is 10.3. The maximum Gasteiger partial charge on any atom is 0.330 e. The molecule has 0 bridgehead atoms. The van der Waals surface area contributed by atoms with Gasteiger partial charge in [-0.15, -0.1) is 0 Å². The molecular formula is C9H10N2O3. The van der Waals surface area contributed by atoms with Gasteiger partial charge in [0.2, 0.25) is 0 Å². The van der Waals surface area contributed by atoms with Gasteiger partial charge in [-0.25, -0.2) is 9.59 Å². The van der Waals surface area contributed by atoms with Crippen molar-refractivity contribution in [1.82, 2.24) is 5.32 Å². The van der Waals surface area contributed by atoms with Gasteiger partial charge in [-0.05, 0) is 12.1 Å². The van der Waals surface area contributed by atoms with Crippen LogP contribution < -0.4 is 15.8 Å². The van der Waals surface area contributed by atoms with E-state index in [0.29, 0.717) is 5.75 Å². The van der Waals surface area contributed by atoms with E-state index in [9.17, 15) is 9.59 Å². The van der Waals surface area contributed by atoms with E-state index in [0.717, 1.165) is 0 Å². The standard InChI is InChI=1S/C9H10N2O3/c10-9(13)11-6-8(12)14-7-4-2-1-3-5-7/h1-5H,6H2,(H3,10,11,13). The number of hydrogen-bond donors (Lipinski definition) is 2. The number of esters is 1. The molecule has 0 heterocycles. The molecule has 0 unspecified atom stereocenters. The molecule has 0 radical (unpaired) electrons. The molecule has 3 N–H and O–H groups in total. The second-order valence-corrected chi connectivity index (χ2v) is 2.50. The number of nitrogens with one attached hydrogen (secondary N) is 1. The molecule has 1 aromatic carbocycles. The van der Waals surface area contributed by atoms with Gasteiger partial charge in [0.25, 0.3) is 0 Å². The molecule has 0 spiro atoms. The van der Waals surface area contributed by atoms with Crippen LogP contribution in [0.5, 0.6) is 5.75 Å². The van der Waals surface area contributed by atoms with Crippen molar-refractivity contribution in [1.29, 1.82) is 0 Å². The Bertz CT molecular complexity index is 324. The predicted molar refractivity (Wildman–Crippen MR) is 49.7 cm³/mol. The zero-order chi connectivity index (χ0) is 10.4. The van der Waals surface area contributed by atoms with Gasteiger partial charge in [0.15, 0.2) is 0 Å². The normalized spacial score (nSPS) is 9.14. The highest BCUT2D eigenvalue weighted by Crippen LogP contribution is 2.07. The Morgan fingerprint density at radius 2 is 1.93 bits per heavy atom. The number of nitrogens with two attached hydrogens (primary N) is 1. The number of hydrogen-bond acceptors (Lipinski definition) is 3. The highest BCUT2D eigenvalue weighted by atomic mass is 16.5. The van der Waals surface area contributed by atoms with E-state index in [4.69, 9.17) is 10.5 Å². The van der Waals surface area contributed by atoms with E-state index in [-0.39, 0.29) is 6.54 Å². The van der Waals surface area contributed by atoms with Gasteiger partial charge >= 0.3 is 12.0 Å². The number of carbonyl (C=O) groups is 2. The molecule has 0 saturated carbocycles. The average molecular weight is 194 g/mol. The monoisotopic (exact) mass is 194 g/mol. The van der Waals surface area contributed by atoms with Crippen molar-refractivity contribution in [2.24, 2.45) is 5.73 Å². The van der Waals surface area contributed by atoms with Crippen LogP contribution in [0.15, 0.2) is 30.3 Å². The molecule has 1 rings (SSSR count). The summed E-state index contributed by atoms with van der Waals surface area (Å²) in [5, 5.41) is 2.13. The van der Waals surface area contributed by atoms with Crippen molar-refractivity contribution in [3.8, 4) is 5.75 Å². The second kappa shape index (κ2) is 4.86. The maximum atomic E-state index is 11.0. The van der Waals surface area contributed by atoms with Crippen LogP contribution in [0.1, 0.15) is 0 Å². The Labute approximate surface area is 80.9 Å². The first-order valence-corrected chi connectivity index (χ1v) is 3.97. The van der Waals surface area contributed by atoms with Gasteiger partial charge in [-0.3, -0.25) is 0 Å². The zero-order valence-corrected chi connectivity index (χ0v) is 7.40. The summed E-state index contributed by atoms with van der Waals surface area (Å²) >= 11 is 0. The number of para-hydroxylation sites is 1. The topological polar surface area (TPSA) is 81.4 Å². The molecule has 0 aliphatic carbocycles. The van der Waals surface area contributed by atoms with Crippen LogP contribution in [0.4, 0.5) is 4.79 Å². The van der Waals surface area contributed by atoms with Gasteiger partial charge in [0, 0.05) is 0 Å². The summed E-state index contributed by atoms with van der Waals surface area (Å²) in [4.78, 5) is 21.3. The zero-order valence-electron chi connectivity index (χ0n) is 7.40. The molecule has 0 fully saturated rings. The molecule has 0 saturated heterocycles. The predicted octanol–water partition coefficient (Wildman–Crippen LogP) is 0.260. The number of carbonyl (C=O) groups excluding carboxylic acids is 2. The summed E-state index contributed by atoms with van der Waals surface area (Å²) in [5.74, 6) is -0.126. The minimum Gasteiger partial charge on any atom is -0.425 e. The molecule has 2 amide bonds. The first kappa shape index (κ1) is 10.0. The molecule has 0 aromatic heterocycles. The average Bonchev–Trinajstić information content (AvgIpc) is 2.16. The molecule has 1 aromatic rings. The minimum atomic E-state index is -0.755. The molecule has 14 heavy (non-hydrogen) atoms. The molecule has 5 nitrogen and oxygen atoms in total. The van der Waals surface area contributed by atoms with Crippen molar-refractivity contribution in [2.75, 3.05) is 6.54 Å². The van der Waals surface area contributed by atoms with Gasteiger partial charge in [-0.2, -0.15) is 0 Å². The lowest BCUT2D eigenvalue weighted by molar-refractivity contribution is -0.133. The van der Waals surface area contributed by atoms with Crippen LogP contribution in [0.3, 0.4) is 0 Å². The lowest BCUT2D eigenvalue weighted by Gasteiger charge is -2.03. The van der Waals surface area contributed by atoms with E-state index in [1.165, 1.54) is 0 Å². The lowest BCUT2D eigenvalue weighted by Crippen LogP contribution is -2.35.